The Morgan fingerprint density at radius 2 is 1.68 bits per heavy atom. The van der Waals surface area contributed by atoms with Crippen LogP contribution in [0.1, 0.15) is 46.5 Å². The average molecular weight is 336 g/mol. The van der Waals surface area contributed by atoms with Crippen LogP contribution in [0.25, 0.3) is 0 Å². The third kappa shape index (κ3) is 5.02. The van der Waals surface area contributed by atoms with Gasteiger partial charge in [-0.05, 0) is 61.6 Å². The molecule has 132 valence electrons. The summed E-state index contributed by atoms with van der Waals surface area (Å²) >= 11 is 0. The molecule has 2 aromatic rings. The van der Waals surface area contributed by atoms with Gasteiger partial charge < -0.3 is 4.90 Å². The van der Waals surface area contributed by atoms with Gasteiger partial charge in [0, 0.05) is 25.6 Å². The van der Waals surface area contributed by atoms with E-state index in [0.717, 1.165) is 40.9 Å². The van der Waals surface area contributed by atoms with Crippen molar-refractivity contribution < 1.29 is 4.79 Å². The first-order valence-corrected chi connectivity index (χ1v) is 8.91. The van der Waals surface area contributed by atoms with Gasteiger partial charge in [-0.15, -0.1) is 0 Å². The van der Waals surface area contributed by atoms with Gasteiger partial charge in [0.05, 0.1) is 12.0 Å². The SMILES string of the molecule is CCc1ccc(CC(=O)c2cc(C)c(N=CN(C)CC)cc2C)cc1. The van der Waals surface area contributed by atoms with E-state index in [1.807, 2.05) is 44.3 Å². The number of benzene rings is 2. The van der Waals surface area contributed by atoms with Crippen LogP contribution in [0.15, 0.2) is 41.4 Å². The fraction of sp³-hybridized carbons (Fsp3) is 0.364. The summed E-state index contributed by atoms with van der Waals surface area (Å²) in [6.45, 7) is 9.11. The maximum absolute atomic E-state index is 12.7. The van der Waals surface area contributed by atoms with Crippen molar-refractivity contribution in [2.45, 2.75) is 40.5 Å². The van der Waals surface area contributed by atoms with Crippen molar-refractivity contribution in [3.05, 3.63) is 64.2 Å². The summed E-state index contributed by atoms with van der Waals surface area (Å²) < 4.78 is 0. The molecule has 0 fully saturated rings. The van der Waals surface area contributed by atoms with E-state index >= 15 is 0 Å². The van der Waals surface area contributed by atoms with E-state index in [0.29, 0.717) is 6.42 Å². The van der Waals surface area contributed by atoms with Gasteiger partial charge in [0.2, 0.25) is 0 Å². The standard InChI is InChI=1S/C22H28N2O/c1-6-18-8-10-19(11-9-18)14-22(25)20-12-17(4)21(13-16(20)3)23-15-24(5)7-2/h8-13,15H,6-7,14H2,1-5H3. The zero-order chi connectivity index (χ0) is 18.4. The molecule has 0 atom stereocenters. The van der Waals surface area contributed by atoms with Gasteiger partial charge in [-0.25, -0.2) is 4.99 Å². The second-order valence-corrected chi connectivity index (χ2v) is 6.54. The van der Waals surface area contributed by atoms with Crippen LogP contribution in [-0.2, 0) is 12.8 Å². The van der Waals surface area contributed by atoms with E-state index in [4.69, 9.17) is 0 Å². The summed E-state index contributed by atoms with van der Waals surface area (Å²) in [6, 6.07) is 12.3. The topological polar surface area (TPSA) is 32.7 Å². The number of rotatable bonds is 7. The Bertz CT molecular complexity index is 760. The first-order valence-electron chi connectivity index (χ1n) is 8.91. The number of carbonyl (C=O) groups is 1. The van der Waals surface area contributed by atoms with Gasteiger partial charge in [-0.2, -0.15) is 0 Å². The normalized spacial score (nSPS) is 11.1. The molecule has 0 saturated carbocycles. The molecule has 25 heavy (non-hydrogen) atoms. The third-order valence-corrected chi connectivity index (χ3v) is 4.53. The maximum atomic E-state index is 12.7. The van der Waals surface area contributed by atoms with Gasteiger partial charge in [-0.1, -0.05) is 31.2 Å². The molecule has 0 radical (unpaired) electrons. The summed E-state index contributed by atoms with van der Waals surface area (Å²) in [5.74, 6) is 0.158. The van der Waals surface area contributed by atoms with E-state index in [-0.39, 0.29) is 5.78 Å². The minimum atomic E-state index is 0.158. The predicted octanol–water partition coefficient (Wildman–Crippen LogP) is 4.90. The summed E-state index contributed by atoms with van der Waals surface area (Å²) in [7, 11) is 1.99. The lowest BCUT2D eigenvalue weighted by Crippen LogP contribution is -2.14. The Balaban J connectivity index is 2.19. The number of hydrogen-bond donors (Lipinski definition) is 0. The molecule has 0 aliphatic rings. The zero-order valence-corrected chi connectivity index (χ0v) is 16.0. The summed E-state index contributed by atoms with van der Waals surface area (Å²) in [5, 5.41) is 0. The molecule has 0 aliphatic carbocycles. The van der Waals surface area contributed by atoms with Crippen LogP contribution < -0.4 is 0 Å². The van der Waals surface area contributed by atoms with Gasteiger partial charge >= 0.3 is 0 Å². The highest BCUT2D eigenvalue weighted by molar-refractivity contribution is 5.99. The molecular formula is C22H28N2O. The number of nitrogens with zero attached hydrogens (tertiary/aromatic N) is 2. The third-order valence-electron chi connectivity index (χ3n) is 4.53. The molecule has 3 nitrogen and oxygen atoms in total. The highest BCUT2D eigenvalue weighted by Gasteiger charge is 2.12. The van der Waals surface area contributed by atoms with Crippen LogP contribution in [0.5, 0.6) is 0 Å². The maximum Gasteiger partial charge on any atom is 0.167 e. The number of Topliss-reactive ketones (excluding diaryl/α,β-unsaturated/α-hetero) is 1. The summed E-state index contributed by atoms with van der Waals surface area (Å²) in [5.41, 5.74) is 6.07. The summed E-state index contributed by atoms with van der Waals surface area (Å²) in [6.07, 6.45) is 3.28. The molecule has 0 bridgehead atoms. The highest BCUT2D eigenvalue weighted by atomic mass is 16.1. The summed E-state index contributed by atoms with van der Waals surface area (Å²) in [4.78, 5) is 19.3. The largest absolute Gasteiger partial charge is 0.366 e. The molecule has 0 aromatic heterocycles. The van der Waals surface area contributed by atoms with Gasteiger partial charge in [0.25, 0.3) is 0 Å². The first-order chi connectivity index (χ1) is 11.9. The number of aliphatic imine (C=N–C) groups is 1. The molecule has 2 aromatic carbocycles. The Morgan fingerprint density at radius 1 is 1.04 bits per heavy atom. The van der Waals surface area contributed by atoms with Crippen LogP contribution in [0, 0.1) is 13.8 Å². The van der Waals surface area contributed by atoms with Crippen molar-refractivity contribution in [3.63, 3.8) is 0 Å². The molecule has 2 rings (SSSR count). The van der Waals surface area contributed by atoms with E-state index < -0.39 is 0 Å². The molecule has 0 saturated heterocycles. The zero-order valence-electron chi connectivity index (χ0n) is 16.0. The fourth-order valence-electron chi connectivity index (χ4n) is 2.66. The fourth-order valence-corrected chi connectivity index (χ4v) is 2.66. The minimum Gasteiger partial charge on any atom is -0.366 e. The number of hydrogen-bond acceptors (Lipinski definition) is 2. The van der Waals surface area contributed by atoms with Crippen LogP contribution in [0.3, 0.4) is 0 Å². The molecule has 0 unspecified atom stereocenters. The van der Waals surface area contributed by atoms with Gasteiger partial charge in [0.15, 0.2) is 5.78 Å². The van der Waals surface area contributed by atoms with Crippen molar-refractivity contribution >= 4 is 17.8 Å². The molecule has 0 aliphatic heterocycles. The molecule has 0 amide bonds. The minimum absolute atomic E-state index is 0.158. The molecular weight excluding hydrogens is 308 g/mol. The van der Waals surface area contributed by atoms with Crippen molar-refractivity contribution in [3.8, 4) is 0 Å². The molecule has 0 spiro atoms. The second kappa shape index (κ2) is 8.61. The monoisotopic (exact) mass is 336 g/mol. The lowest BCUT2D eigenvalue weighted by atomic mass is 9.96. The quantitative estimate of drug-likeness (QED) is 0.409. The lowest BCUT2D eigenvalue weighted by Gasteiger charge is -2.11. The van der Waals surface area contributed by atoms with E-state index in [1.165, 1.54) is 5.56 Å². The van der Waals surface area contributed by atoms with Crippen LogP contribution in [0.4, 0.5) is 5.69 Å². The van der Waals surface area contributed by atoms with Gasteiger partial charge in [-0.3, -0.25) is 4.79 Å². The van der Waals surface area contributed by atoms with Gasteiger partial charge in [0.1, 0.15) is 0 Å². The Morgan fingerprint density at radius 3 is 2.28 bits per heavy atom. The second-order valence-electron chi connectivity index (χ2n) is 6.54. The van der Waals surface area contributed by atoms with Crippen molar-refractivity contribution in [2.75, 3.05) is 13.6 Å². The van der Waals surface area contributed by atoms with Crippen molar-refractivity contribution in [2.24, 2.45) is 4.99 Å². The number of carbonyl (C=O) groups excluding carboxylic acids is 1. The number of aryl methyl sites for hydroxylation is 3. The molecule has 0 heterocycles. The van der Waals surface area contributed by atoms with Crippen LogP contribution in [-0.4, -0.2) is 30.6 Å². The van der Waals surface area contributed by atoms with E-state index in [9.17, 15) is 4.79 Å². The lowest BCUT2D eigenvalue weighted by molar-refractivity contribution is 0.0992. The smallest absolute Gasteiger partial charge is 0.167 e. The van der Waals surface area contributed by atoms with Crippen molar-refractivity contribution in [1.29, 1.82) is 0 Å². The Hall–Kier alpha value is -2.42. The molecule has 0 N–H and O–H groups in total. The molecule has 3 heteroatoms. The van der Waals surface area contributed by atoms with Crippen LogP contribution >= 0.6 is 0 Å². The predicted molar refractivity (Wildman–Crippen MR) is 106 cm³/mol. The Labute approximate surface area is 151 Å². The van der Waals surface area contributed by atoms with Crippen molar-refractivity contribution in [1.82, 2.24) is 4.90 Å². The van der Waals surface area contributed by atoms with E-state index in [1.54, 1.807) is 0 Å². The Kier molecular flexibility index (Phi) is 6.51. The first kappa shape index (κ1) is 18.9. The van der Waals surface area contributed by atoms with Crippen LogP contribution in [0.2, 0.25) is 0 Å². The number of ketones is 1. The highest BCUT2D eigenvalue weighted by Crippen LogP contribution is 2.24. The average Bonchev–Trinajstić information content (AvgIpc) is 2.62. The van der Waals surface area contributed by atoms with E-state index in [2.05, 4.69) is 43.1 Å².